The predicted molar refractivity (Wildman–Crippen MR) is 79.7 cm³/mol. The van der Waals surface area contributed by atoms with Gasteiger partial charge in [-0.1, -0.05) is 0 Å². The minimum atomic E-state index is -0.615. The van der Waals surface area contributed by atoms with Crippen LogP contribution in [0.2, 0.25) is 0 Å². The quantitative estimate of drug-likeness (QED) is 0.886. The van der Waals surface area contributed by atoms with E-state index < -0.39 is 23.6 Å². The molecule has 1 aromatic carbocycles. The van der Waals surface area contributed by atoms with E-state index in [0.717, 1.165) is 18.2 Å². The molecule has 0 bridgehead atoms. The van der Waals surface area contributed by atoms with Crippen molar-refractivity contribution in [3.05, 3.63) is 35.4 Å². The minimum absolute atomic E-state index is 0.00972. The van der Waals surface area contributed by atoms with Crippen LogP contribution in [-0.4, -0.2) is 49.6 Å². The number of carbonyl (C=O) groups is 2. The fourth-order valence-electron chi connectivity index (χ4n) is 2.47. The Morgan fingerprint density at radius 1 is 1.30 bits per heavy atom. The Bertz CT molecular complexity index is 593. The maximum Gasteiger partial charge on any atom is 0.251 e. The Kier molecular flexibility index (Phi) is 5.65. The van der Waals surface area contributed by atoms with Gasteiger partial charge in [0.25, 0.3) is 5.91 Å². The van der Waals surface area contributed by atoms with Gasteiger partial charge in [0, 0.05) is 26.2 Å². The van der Waals surface area contributed by atoms with E-state index in [1.165, 1.54) is 4.90 Å². The monoisotopic (exact) mass is 326 g/mol. The molecule has 0 radical (unpaired) electrons. The van der Waals surface area contributed by atoms with Crippen molar-refractivity contribution < 1.29 is 23.1 Å². The number of benzene rings is 1. The van der Waals surface area contributed by atoms with Crippen molar-refractivity contribution in [2.24, 2.45) is 0 Å². The van der Waals surface area contributed by atoms with E-state index in [4.69, 9.17) is 4.74 Å². The number of hydrogen-bond donors (Lipinski definition) is 1. The summed E-state index contributed by atoms with van der Waals surface area (Å²) in [7, 11) is 3.32. The molecule has 0 aromatic heterocycles. The Balaban J connectivity index is 1.79. The fraction of sp³-hybridized carbons (Fsp3) is 0.500. The summed E-state index contributed by atoms with van der Waals surface area (Å²) < 4.78 is 32.1. The highest BCUT2D eigenvalue weighted by Crippen LogP contribution is 2.20. The molecule has 7 heteroatoms. The smallest absolute Gasteiger partial charge is 0.251 e. The lowest BCUT2D eigenvalue weighted by Gasteiger charge is -2.17. The van der Waals surface area contributed by atoms with Crippen LogP contribution in [0, 0.1) is 11.6 Å². The molecule has 1 aromatic rings. The van der Waals surface area contributed by atoms with Crippen LogP contribution in [0.1, 0.15) is 18.4 Å². The molecule has 1 heterocycles. The Morgan fingerprint density at radius 3 is 2.74 bits per heavy atom. The molecule has 0 unspecified atom stereocenters. The van der Waals surface area contributed by atoms with Crippen LogP contribution in [0.15, 0.2) is 18.2 Å². The number of hydrogen-bond acceptors (Lipinski definition) is 3. The van der Waals surface area contributed by atoms with Gasteiger partial charge in [-0.15, -0.1) is 0 Å². The van der Waals surface area contributed by atoms with E-state index >= 15 is 0 Å². The predicted octanol–water partition coefficient (Wildman–Crippen LogP) is 1.26. The standard InChI is InChI=1S/C16H20F2N2O3/c1-20(2)16(22)14-6-4-12(23-14)9-19-15(21)8-10-7-11(17)3-5-13(10)18/h3,5,7,12,14H,4,6,8-9H2,1-2H3,(H,19,21)/t12-,14-/m1/s1. The lowest BCUT2D eigenvalue weighted by Crippen LogP contribution is -2.36. The molecule has 1 saturated heterocycles. The third-order valence-electron chi connectivity index (χ3n) is 3.71. The summed E-state index contributed by atoms with van der Waals surface area (Å²) in [5.41, 5.74) is 0.00972. The van der Waals surface area contributed by atoms with Gasteiger partial charge in [-0.2, -0.15) is 0 Å². The van der Waals surface area contributed by atoms with Crippen molar-refractivity contribution in [3.63, 3.8) is 0 Å². The third-order valence-corrected chi connectivity index (χ3v) is 3.71. The van der Waals surface area contributed by atoms with Crippen molar-refractivity contribution in [3.8, 4) is 0 Å². The van der Waals surface area contributed by atoms with Crippen molar-refractivity contribution in [1.82, 2.24) is 10.2 Å². The van der Waals surface area contributed by atoms with Gasteiger partial charge in [-0.3, -0.25) is 9.59 Å². The lowest BCUT2D eigenvalue weighted by molar-refractivity contribution is -0.140. The second kappa shape index (κ2) is 7.50. The van der Waals surface area contributed by atoms with Gasteiger partial charge in [-0.25, -0.2) is 8.78 Å². The van der Waals surface area contributed by atoms with Crippen LogP contribution in [0.5, 0.6) is 0 Å². The summed E-state index contributed by atoms with van der Waals surface area (Å²) >= 11 is 0. The van der Waals surface area contributed by atoms with Crippen LogP contribution in [-0.2, 0) is 20.7 Å². The Labute approximate surface area is 133 Å². The first kappa shape index (κ1) is 17.3. The van der Waals surface area contributed by atoms with E-state index in [9.17, 15) is 18.4 Å². The van der Waals surface area contributed by atoms with Gasteiger partial charge in [0.05, 0.1) is 12.5 Å². The normalized spacial score (nSPS) is 20.3. The molecule has 0 spiro atoms. The van der Waals surface area contributed by atoms with Crippen molar-refractivity contribution in [2.75, 3.05) is 20.6 Å². The lowest BCUT2D eigenvalue weighted by atomic mass is 10.1. The largest absolute Gasteiger partial charge is 0.363 e. The number of rotatable bonds is 5. The average molecular weight is 326 g/mol. The molecule has 126 valence electrons. The summed E-state index contributed by atoms with van der Waals surface area (Å²) in [6.07, 6.45) is 0.309. The number of carbonyl (C=O) groups excluding carboxylic acids is 2. The summed E-state index contributed by atoms with van der Waals surface area (Å²) in [6.45, 7) is 0.243. The first-order valence-corrected chi connectivity index (χ1v) is 7.44. The second-order valence-electron chi connectivity index (χ2n) is 5.77. The van der Waals surface area contributed by atoms with Gasteiger partial charge in [-0.05, 0) is 31.0 Å². The number of nitrogens with one attached hydrogen (secondary N) is 1. The maximum atomic E-state index is 13.5. The number of ether oxygens (including phenoxy) is 1. The van der Waals surface area contributed by atoms with Crippen LogP contribution < -0.4 is 5.32 Å². The zero-order valence-corrected chi connectivity index (χ0v) is 13.1. The highest BCUT2D eigenvalue weighted by Gasteiger charge is 2.31. The number of likely N-dealkylation sites (N-methyl/N-ethyl adjacent to an activating group) is 1. The highest BCUT2D eigenvalue weighted by atomic mass is 19.1. The average Bonchev–Trinajstić information content (AvgIpc) is 2.97. The highest BCUT2D eigenvalue weighted by molar-refractivity contribution is 5.80. The Hall–Kier alpha value is -2.02. The van der Waals surface area contributed by atoms with Crippen molar-refractivity contribution in [2.45, 2.75) is 31.5 Å². The van der Waals surface area contributed by atoms with E-state index in [1.807, 2.05) is 0 Å². The topological polar surface area (TPSA) is 58.6 Å². The molecule has 23 heavy (non-hydrogen) atoms. The fourth-order valence-corrected chi connectivity index (χ4v) is 2.47. The van der Waals surface area contributed by atoms with Crippen molar-refractivity contribution in [1.29, 1.82) is 0 Å². The van der Waals surface area contributed by atoms with E-state index in [1.54, 1.807) is 14.1 Å². The van der Waals surface area contributed by atoms with E-state index in [-0.39, 0.29) is 30.5 Å². The van der Waals surface area contributed by atoms with Crippen LogP contribution in [0.25, 0.3) is 0 Å². The molecule has 0 saturated carbocycles. The van der Waals surface area contributed by atoms with Gasteiger partial charge in [0.2, 0.25) is 5.91 Å². The molecule has 1 fully saturated rings. The van der Waals surface area contributed by atoms with Gasteiger partial charge in [0.15, 0.2) is 0 Å². The number of halogens is 2. The summed E-state index contributed by atoms with van der Waals surface area (Å²) in [5, 5.41) is 2.63. The van der Waals surface area contributed by atoms with Crippen LogP contribution >= 0.6 is 0 Å². The zero-order chi connectivity index (χ0) is 17.0. The van der Waals surface area contributed by atoms with E-state index in [2.05, 4.69) is 5.32 Å². The molecule has 2 rings (SSSR count). The molecule has 2 atom stereocenters. The SMILES string of the molecule is CN(C)C(=O)[C@H]1CC[C@H](CNC(=O)Cc2cc(F)ccc2F)O1. The van der Waals surface area contributed by atoms with Crippen LogP contribution in [0.3, 0.4) is 0 Å². The molecule has 2 amide bonds. The van der Waals surface area contributed by atoms with Gasteiger partial charge >= 0.3 is 0 Å². The molecular formula is C16H20F2N2O3. The minimum Gasteiger partial charge on any atom is -0.363 e. The van der Waals surface area contributed by atoms with Gasteiger partial charge < -0.3 is 15.0 Å². The molecule has 1 aliphatic rings. The summed E-state index contributed by atoms with van der Waals surface area (Å²) in [6, 6.07) is 3.01. The Morgan fingerprint density at radius 2 is 2.04 bits per heavy atom. The summed E-state index contributed by atoms with van der Waals surface area (Å²) in [5.74, 6) is -1.71. The van der Waals surface area contributed by atoms with Crippen molar-refractivity contribution >= 4 is 11.8 Å². The number of nitrogens with zero attached hydrogens (tertiary/aromatic N) is 1. The molecule has 1 aliphatic heterocycles. The third kappa shape index (κ3) is 4.72. The summed E-state index contributed by atoms with van der Waals surface area (Å²) in [4.78, 5) is 25.1. The molecular weight excluding hydrogens is 306 g/mol. The van der Waals surface area contributed by atoms with E-state index in [0.29, 0.717) is 12.8 Å². The molecule has 0 aliphatic carbocycles. The van der Waals surface area contributed by atoms with Crippen LogP contribution in [0.4, 0.5) is 8.78 Å². The molecule has 5 nitrogen and oxygen atoms in total. The van der Waals surface area contributed by atoms with Gasteiger partial charge in [0.1, 0.15) is 17.7 Å². The first-order chi connectivity index (χ1) is 10.9. The maximum absolute atomic E-state index is 13.5. The number of amides is 2. The zero-order valence-electron chi connectivity index (χ0n) is 13.1. The molecule has 1 N–H and O–H groups in total. The second-order valence-corrected chi connectivity index (χ2v) is 5.77. The first-order valence-electron chi connectivity index (χ1n) is 7.44.